The summed E-state index contributed by atoms with van der Waals surface area (Å²) in [6, 6.07) is 5.38. The van der Waals surface area contributed by atoms with Gasteiger partial charge in [-0.25, -0.2) is 0 Å². The number of carboxylic acid groups (broad SMARTS) is 1. The topological polar surface area (TPSA) is 79.1 Å². The Morgan fingerprint density at radius 2 is 2.28 bits per heavy atom. The van der Waals surface area contributed by atoms with Crippen LogP contribution in [0.1, 0.15) is 29.9 Å². The second-order valence-electron chi connectivity index (χ2n) is 5.01. The monoisotopic (exact) mass is 244 g/mol. The Labute approximate surface area is 105 Å². The number of nitrogens with two attached hydrogens (primary N) is 1. The van der Waals surface area contributed by atoms with Crippen LogP contribution in [0.4, 0.5) is 0 Å². The molecule has 0 amide bonds. The van der Waals surface area contributed by atoms with Gasteiger partial charge in [0, 0.05) is 23.5 Å². The van der Waals surface area contributed by atoms with Crippen LogP contribution in [0.3, 0.4) is 0 Å². The lowest BCUT2D eigenvalue weighted by Crippen LogP contribution is -2.32. The summed E-state index contributed by atoms with van der Waals surface area (Å²) < 4.78 is 0. The van der Waals surface area contributed by atoms with Crippen LogP contribution >= 0.6 is 0 Å². The number of aliphatic carboxylic acids is 1. The van der Waals surface area contributed by atoms with Crippen LogP contribution in [-0.2, 0) is 11.2 Å². The Morgan fingerprint density at radius 1 is 1.50 bits per heavy atom. The average Bonchev–Trinajstić information content (AvgIpc) is 3.12. The molecule has 1 aliphatic carbocycles. The highest BCUT2D eigenvalue weighted by Crippen LogP contribution is 2.43. The molecule has 94 valence electrons. The van der Waals surface area contributed by atoms with Gasteiger partial charge in [0.15, 0.2) is 0 Å². The maximum atomic E-state index is 10.9. The molecule has 1 fully saturated rings. The van der Waals surface area contributed by atoms with Gasteiger partial charge in [0.1, 0.15) is 6.04 Å². The Hall–Kier alpha value is -1.81. The SMILES string of the molecule is NC(Cc1c[nH]c2cccc(C3CC3)c12)C(=O)O. The van der Waals surface area contributed by atoms with E-state index in [1.807, 2.05) is 18.3 Å². The van der Waals surface area contributed by atoms with Crippen LogP contribution in [0, 0.1) is 0 Å². The first-order valence-corrected chi connectivity index (χ1v) is 6.24. The molecule has 1 aromatic heterocycles. The van der Waals surface area contributed by atoms with Crippen molar-refractivity contribution in [2.75, 3.05) is 0 Å². The fourth-order valence-electron chi connectivity index (χ4n) is 2.51. The number of benzene rings is 1. The van der Waals surface area contributed by atoms with Gasteiger partial charge in [0.25, 0.3) is 0 Å². The number of carboxylic acids is 1. The number of rotatable bonds is 4. The van der Waals surface area contributed by atoms with Crippen molar-refractivity contribution in [3.8, 4) is 0 Å². The number of aromatic amines is 1. The molecule has 0 radical (unpaired) electrons. The quantitative estimate of drug-likeness (QED) is 0.769. The van der Waals surface area contributed by atoms with Crippen LogP contribution < -0.4 is 5.73 Å². The van der Waals surface area contributed by atoms with E-state index in [1.165, 1.54) is 23.8 Å². The van der Waals surface area contributed by atoms with Gasteiger partial charge in [0.2, 0.25) is 0 Å². The van der Waals surface area contributed by atoms with Crippen molar-refractivity contribution >= 4 is 16.9 Å². The zero-order chi connectivity index (χ0) is 12.7. The maximum Gasteiger partial charge on any atom is 0.320 e. The number of hydrogen-bond acceptors (Lipinski definition) is 2. The van der Waals surface area contributed by atoms with Crippen molar-refractivity contribution in [1.82, 2.24) is 4.98 Å². The van der Waals surface area contributed by atoms with E-state index in [0.29, 0.717) is 12.3 Å². The molecule has 2 aromatic rings. The van der Waals surface area contributed by atoms with E-state index in [9.17, 15) is 4.79 Å². The minimum absolute atomic E-state index is 0.374. The predicted molar refractivity (Wildman–Crippen MR) is 69.6 cm³/mol. The van der Waals surface area contributed by atoms with E-state index < -0.39 is 12.0 Å². The second kappa shape index (κ2) is 4.14. The molecule has 4 heteroatoms. The highest BCUT2D eigenvalue weighted by atomic mass is 16.4. The van der Waals surface area contributed by atoms with Crippen molar-refractivity contribution in [2.45, 2.75) is 31.2 Å². The summed E-state index contributed by atoms with van der Waals surface area (Å²) in [6.07, 6.45) is 4.72. The molecule has 1 heterocycles. The summed E-state index contributed by atoms with van der Waals surface area (Å²) in [5.74, 6) is -0.308. The lowest BCUT2D eigenvalue weighted by molar-refractivity contribution is -0.138. The zero-order valence-electron chi connectivity index (χ0n) is 10.0. The van der Waals surface area contributed by atoms with Crippen molar-refractivity contribution in [3.63, 3.8) is 0 Å². The average molecular weight is 244 g/mol. The molecule has 1 unspecified atom stereocenters. The van der Waals surface area contributed by atoms with Crippen LogP contribution in [0.5, 0.6) is 0 Å². The number of nitrogens with one attached hydrogen (secondary N) is 1. The Balaban J connectivity index is 2.04. The number of fused-ring (bicyclic) bond motifs is 1. The fraction of sp³-hybridized carbons (Fsp3) is 0.357. The molecule has 4 nitrogen and oxygen atoms in total. The third kappa shape index (κ3) is 1.88. The van der Waals surface area contributed by atoms with E-state index in [0.717, 1.165) is 11.1 Å². The van der Waals surface area contributed by atoms with Crippen molar-refractivity contribution in [1.29, 1.82) is 0 Å². The minimum Gasteiger partial charge on any atom is -0.480 e. The van der Waals surface area contributed by atoms with E-state index in [1.54, 1.807) is 0 Å². The van der Waals surface area contributed by atoms with Gasteiger partial charge >= 0.3 is 5.97 Å². The largest absolute Gasteiger partial charge is 0.480 e. The molecule has 0 spiro atoms. The summed E-state index contributed by atoms with van der Waals surface area (Å²) >= 11 is 0. The number of aromatic nitrogens is 1. The molecule has 18 heavy (non-hydrogen) atoms. The molecular weight excluding hydrogens is 228 g/mol. The summed E-state index contributed by atoms with van der Waals surface area (Å²) in [5, 5.41) is 10.1. The fourth-order valence-corrected chi connectivity index (χ4v) is 2.51. The summed E-state index contributed by atoms with van der Waals surface area (Å²) in [5.41, 5.74) is 9.05. The number of H-pyrrole nitrogens is 1. The van der Waals surface area contributed by atoms with Crippen LogP contribution in [-0.4, -0.2) is 22.1 Å². The standard InChI is InChI=1S/C14H16N2O2/c15-11(14(17)18)6-9-7-16-12-3-1-2-10(13(9)12)8-4-5-8/h1-3,7-8,11,16H,4-6,15H2,(H,17,18). The van der Waals surface area contributed by atoms with Gasteiger partial charge < -0.3 is 15.8 Å². The van der Waals surface area contributed by atoms with Gasteiger partial charge in [-0.15, -0.1) is 0 Å². The van der Waals surface area contributed by atoms with Crippen molar-refractivity contribution in [2.24, 2.45) is 5.73 Å². The molecule has 0 bridgehead atoms. The maximum absolute atomic E-state index is 10.9. The Kier molecular flexibility index (Phi) is 2.59. The molecular formula is C14H16N2O2. The number of hydrogen-bond donors (Lipinski definition) is 3. The van der Waals surface area contributed by atoms with Crippen molar-refractivity contribution in [3.05, 3.63) is 35.5 Å². The van der Waals surface area contributed by atoms with Crippen LogP contribution in [0.2, 0.25) is 0 Å². The van der Waals surface area contributed by atoms with Gasteiger partial charge in [-0.3, -0.25) is 4.79 Å². The van der Waals surface area contributed by atoms with E-state index in [-0.39, 0.29) is 0 Å². The zero-order valence-corrected chi connectivity index (χ0v) is 10.0. The highest BCUT2D eigenvalue weighted by Gasteiger charge is 2.27. The molecule has 1 aromatic carbocycles. The third-order valence-corrected chi connectivity index (χ3v) is 3.59. The first-order valence-electron chi connectivity index (χ1n) is 6.24. The predicted octanol–water partition coefficient (Wildman–Crippen LogP) is 2.00. The second-order valence-corrected chi connectivity index (χ2v) is 5.01. The van der Waals surface area contributed by atoms with Gasteiger partial charge in [0.05, 0.1) is 0 Å². The van der Waals surface area contributed by atoms with Crippen molar-refractivity contribution < 1.29 is 9.90 Å². The molecule has 0 saturated heterocycles. The van der Waals surface area contributed by atoms with Crippen LogP contribution in [0.25, 0.3) is 10.9 Å². The van der Waals surface area contributed by atoms with E-state index in [4.69, 9.17) is 10.8 Å². The van der Waals surface area contributed by atoms with E-state index >= 15 is 0 Å². The van der Waals surface area contributed by atoms with Gasteiger partial charge in [-0.05, 0) is 36.0 Å². The third-order valence-electron chi connectivity index (χ3n) is 3.59. The van der Waals surface area contributed by atoms with Crippen LogP contribution in [0.15, 0.2) is 24.4 Å². The lowest BCUT2D eigenvalue weighted by Gasteiger charge is -2.07. The molecule has 3 rings (SSSR count). The summed E-state index contributed by atoms with van der Waals surface area (Å²) in [4.78, 5) is 14.1. The minimum atomic E-state index is -0.951. The lowest BCUT2D eigenvalue weighted by atomic mass is 9.99. The normalized spacial score (nSPS) is 16.9. The molecule has 4 N–H and O–H groups in total. The Bertz CT molecular complexity index is 599. The number of carbonyl (C=O) groups is 1. The molecule has 1 aliphatic rings. The first-order chi connectivity index (χ1) is 8.66. The highest BCUT2D eigenvalue weighted by molar-refractivity contribution is 5.88. The first kappa shape index (κ1) is 11.3. The summed E-state index contributed by atoms with van der Waals surface area (Å²) in [6.45, 7) is 0. The molecule has 1 atom stereocenters. The van der Waals surface area contributed by atoms with E-state index in [2.05, 4.69) is 11.1 Å². The van der Waals surface area contributed by atoms with Gasteiger partial charge in [-0.1, -0.05) is 12.1 Å². The Morgan fingerprint density at radius 3 is 2.94 bits per heavy atom. The van der Waals surface area contributed by atoms with Gasteiger partial charge in [-0.2, -0.15) is 0 Å². The smallest absolute Gasteiger partial charge is 0.320 e. The summed E-state index contributed by atoms with van der Waals surface area (Å²) in [7, 11) is 0. The molecule has 1 saturated carbocycles. The molecule has 0 aliphatic heterocycles.